The van der Waals surface area contributed by atoms with Crippen molar-refractivity contribution < 1.29 is 92.2 Å². The minimum Gasteiger partial charge on any atom is -0.200 e. The van der Waals surface area contributed by atoms with E-state index >= 15 is 0 Å². The van der Waals surface area contributed by atoms with Gasteiger partial charge in [0.2, 0.25) is 0 Å². The smallest absolute Gasteiger partial charge is 0.200 e. The maximum Gasteiger partial charge on any atom is 0.460 e. The number of halogens is 22. The quantitative estimate of drug-likeness (QED) is 0.120. The Balaban J connectivity index is 6.95. The predicted octanol–water partition coefficient (Wildman–Crippen LogP) is 9.10. The van der Waals surface area contributed by atoms with E-state index < -0.39 is 79.3 Å². The maximum atomic E-state index is 13.7. The van der Waals surface area contributed by atoms with Gasteiger partial charge in [-0.1, -0.05) is 13.1 Å². The normalized spacial score (nSPS) is 16.9. The van der Waals surface area contributed by atoms with Crippen molar-refractivity contribution in [3.05, 3.63) is 0 Å². The molecule has 0 aromatic rings. The fraction of sp³-hybridized carbons (Fsp3) is 1.00. The van der Waals surface area contributed by atoms with Gasteiger partial charge in [0.15, 0.2) is 7.38 Å². The number of hydrogen-bond acceptors (Lipinski definition) is 0. The predicted molar refractivity (Wildman–Crippen MR) is 83.3 cm³/mol. The van der Waals surface area contributed by atoms with Crippen molar-refractivity contribution >= 4 is 18.5 Å². The monoisotopic (exact) mass is 640 g/mol. The lowest BCUT2D eigenvalue weighted by Gasteiger charge is -2.44. The Morgan fingerprint density at radius 3 is 0.838 bits per heavy atom. The van der Waals surface area contributed by atoms with Crippen LogP contribution < -0.4 is 0 Å². The third kappa shape index (κ3) is 5.05. The molecule has 0 N–H and O–H groups in total. The van der Waals surface area contributed by atoms with E-state index in [4.69, 9.17) is 11.1 Å². The second-order valence-corrected chi connectivity index (χ2v) is 15.0. The minimum atomic E-state index is -9.15. The summed E-state index contributed by atoms with van der Waals surface area (Å²) in [5.74, 6) is -76.6. The average Bonchev–Trinajstić information content (AvgIpc) is 2.63. The summed E-state index contributed by atoms with van der Waals surface area (Å²) in [4.78, 5) is 0. The van der Waals surface area contributed by atoms with Crippen molar-refractivity contribution in [3.8, 4) is 0 Å². The lowest BCUT2D eigenvalue weighted by molar-refractivity contribution is -0.474. The Labute approximate surface area is 196 Å². The van der Waals surface area contributed by atoms with Crippen molar-refractivity contribution in [3.63, 3.8) is 0 Å². The first kappa shape index (κ1) is 36.0. The van der Waals surface area contributed by atoms with Crippen LogP contribution in [0.4, 0.5) is 92.2 Å². The summed E-state index contributed by atoms with van der Waals surface area (Å²) in [6, 6.07) is -1.39. The summed E-state index contributed by atoms with van der Waals surface area (Å²) in [6.07, 6.45) is -10.6. The van der Waals surface area contributed by atoms with Gasteiger partial charge < -0.3 is 0 Å². The van der Waals surface area contributed by atoms with Gasteiger partial charge in [-0.15, -0.1) is 0 Å². The van der Waals surface area contributed by atoms with Crippen molar-refractivity contribution in [2.75, 3.05) is 0 Å². The summed E-state index contributed by atoms with van der Waals surface area (Å²) < 4.78 is 277. The zero-order valence-electron chi connectivity index (χ0n) is 17.2. The highest BCUT2D eigenvalue weighted by molar-refractivity contribution is 7.19. The topological polar surface area (TPSA) is 0 Å². The fourth-order valence-electron chi connectivity index (χ4n) is 2.20. The molecule has 23 heteroatoms. The van der Waals surface area contributed by atoms with Gasteiger partial charge >= 0.3 is 59.5 Å². The van der Waals surface area contributed by atoms with Crippen molar-refractivity contribution in [2.45, 2.75) is 85.0 Å². The standard InChI is InChI=1S/C14H10ClF21Si/c1-37(2,15)4-3-5(16,17)6(18,19)7(20,21)8(22,23)9(24,25)10(26,27)11(28,29)12(30,31)13(32,33)14(34,35)36/h3-4H2,1-2H3. The third-order valence-corrected chi connectivity index (χ3v) is 6.62. The largest absolute Gasteiger partial charge is 0.460 e. The molecule has 0 fully saturated rings. The van der Waals surface area contributed by atoms with E-state index in [0.717, 1.165) is 13.1 Å². The highest BCUT2D eigenvalue weighted by Crippen LogP contribution is 2.66. The molecular formula is C14H10ClF21Si. The molecule has 224 valence electrons. The first-order chi connectivity index (χ1) is 15.5. The van der Waals surface area contributed by atoms with Gasteiger partial charge in [0.25, 0.3) is 0 Å². The SMILES string of the molecule is C[Si](C)(Cl)CCC(F)(F)C(F)(F)C(F)(F)C(F)(F)C(F)(F)C(F)(F)C(F)(F)C(F)(F)C(F)(F)C(F)(F)F. The van der Waals surface area contributed by atoms with Gasteiger partial charge in [0.1, 0.15) is 0 Å². The van der Waals surface area contributed by atoms with E-state index in [1.165, 1.54) is 0 Å². The molecule has 0 aliphatic carbocycles. The number of rotatable bonds is 11. The number of alkyl halides is 21. The highest BCUT2D eigenvalue weighted by atomic mass is 35.6. The molecule has 0 saturated carbocycles. The van der Waals surface area contributed by atoms with Crippen LogP contribution in [0.5, 0.6) is 0 Å². The zero-order chi connectivity index (χ0) is 30.9. The first-order valence-corrected chi connectivity index (χ1v) is 12.8. The van der Waals surface area contributed by atoms with Crippen LogP contribution in [0.15, 0.2) is 0 Å². The molecule has 0 spiro atoms. The summed E-state index contributed by atoms with van der Waals surface area (Å²) in [5, 5.41) is 0. The van der Waals surface area contributed by atoms with E-state index in [2.05, 4.69) is 0 Å². The van der Waals surface area contributed by atoms with Gasteiger partial charge in [0, 0.05) is 6.42 Å². The molecule has 37 heavy (non-hydrogen) atoms. The average molecular weight is 641 g/mol. The van der Waals surface area contributed by atoms with Crippen LogP contribution in [0.25, 0.3) is 0 Å². The lowest BCUT2D eigenvalue weighted by Crippen LogP contribution is -2.76. The van der Waals surface area contributed by atoms with E-state index in [9.17, 15) is 92.2 Å². The Hall–Kier alpha value is -0.963. The maximum absolute atomic E-state index is 13.7. The van der Waals surface area contributed by atoms with Crippen LogP contribution in [0.2, 0.25) is 19.1 Å². The van der Waals surface area contributed by atoms with E-state index in [0.29, 0.717) is 0 Å². The summed E-state index contributed by atoms with van der Waals surface area (Å²) in [6.45, 7) is 1.73. The molecule has 0 radical (unpaired) electrons. The zero-order valence-corrected chi connectivity index (χ0v) is 19.0. The second-order valence-electron chi connectivity index (χ2n) is 8.02. The highest BCUT2D eigenvalue weighted by Gasteiger charge is 2.97. The van der Waals surface area contributed by atoms with Crippen LogP contribution in [-0.4, -0.2) is 66.9 Å². The number of hydrogen-bond donors (Lipinski definition) is 0. The summed E-state index contributed by atoms with van der Waals surface area (Å²) in [7, 11) is -3.48. The first-order valence-electron chi connectivity index (χ1n) is 8.61. The molecule has 0 aliphatic rings. The molecule has 0 saturated heterocycles. The molecule has 0 nitrogen and oxygen atoms in total. The fourth-order valence-corrected chi connectivity index (χ4v) is 3.39. The van der Waals surface area contributed by atoms with E-state index in [1.54, 1.807) is 0 Å². The molecule has 0 amide bonds. The van der Waals surface area contributed by atoms with Gasteiger partial charge in [-0.3, -0.25) is 0 Å². The third-order valence-electron chi connectivity index (χ3n) is 4.61. The van der Waals surface area contributed by atoms with Crippen LogP contribution in [0.1, 0.15) is 6.42 Å². The Morgan fingerprint density at radius 2 is 0.622 bits per heavy atom. The van der Waals surface area contributed by atoms with Gasteiger partial charge in [-0.2, -0.15) is 103 Å². The van der Waals surface area contributed by atoms with Gasteiger partial charge in [-0.25, -0.2) is 0 Å². The Kier molecular flexibility index (Phi) is 8.80. The summed E-state index contributed by atoms with van der Waals surface area (Å²) in [5.41, 5.74) is 0. The lowest BCUT2D eigenvalue weighted by atomic mass is 9.86. The van der Waals surface area contributed by atoms with Crippen molar-refractivity contribution in [1.29, 1.82) is 0 Å². The van der Waals surface area contributed by atoms with Crippen LogP contribution in [-0.2, 0) is 0 Å². The Bertz CT molecular complexity index is 820. The molecule has 0 aliphatic heterocycles. The van der Waals surface area contributed by atoms with E-state index in [-0.39, 0.29) is 0 Å². The molecule has 0 rings (SSSR count). The van der Waals surface area contributed by atoms with Crippen LogP contribution >= 0.6 is 11.1 Å². The van der Waals surface area contributed by atoms with Crippen molar-refractivity contribution in [1.82, 2.24) is 0 Å². The Morgan fingerprint density at radius 1 is 0.405 bits per heavy atom. The van der Waals surface area contributed by atoms with Crippen molar-refractivity contribution in [2.24, 2.45) is 0 Å². The molecule has 0 bridgehead atoms. The molecule has 0 unspecified atom stereocenters. The molecule has 0 atom stereocenters. The van der Waals surface area contributed by atoms with Gasteiger partial charge in [0.05, 0.1) is 0 Å². The minimum absolute atomic E-state index is 0.864. The molecular weight excluding hydrogens is 631 g/mol. The van der Waals surface area contributed by atoms with Gasteiger partial charge in [-0.05, 0) is 6.04 Å². The van der Waals surface area contributed by atoms with E-state index in [1.807, 2.05) is 0 Å². The molecule has 0 heterocycles. The summed E-state index contributed by atoms with van der Waals surface area (Å²) >= 11 is 5.40. The second kappa shape index (κ2) is 9.03. The van der Waals surface area contributed by atoms with Crippen LogP contribution in [0, 0.1) is 0 Å². The molecule has 0 aromatic heterocycles. The molecule has 0 aromatic carbocycles. The van der Waals surface area contributed by atoms with Crippen LogP contribution in [0.3, 0.4) is 0 Å².